The standard InChI is InChI=1S/C26H22F3N3O4/c27-26(28,29)20-9-7-18(8-10-20)21(33)22-30-13-15-32(22)14-2-5-17-4-1-6-19(16-17)23(34)31-25(24(35)36)11-3-12-25/h1-2,4-10,13,15-16H,3,11-12,14H2,(H,31,34)(H,35,36)/b5-2+. The molecular weight excluding hydrogens is 475 g/mol. The van der Waals surface area contributed by atoms with Crippen LogP contribution in [-0.2, 0) is 17.5 Å². The number of carboxylic acids is 1. The van der Waals surface area contributed by atoms with Gasteiger partial charge in [0, 0.05) is 30.1 Å². The largest absolute Gasteiger partial charge is 0.480 e. The highest BCUT2D eigenvalue weighted by Crippen LogP contribution is 2.32. The van der Waals surface area contributed by atoms with Gasteiger partial charge in [-0.3, -0.25) is 9.59 Å². The molecule has 1 aliphatic carbocycles. The summed E-state index contributed by atoms with van der Waals surface area (Å²) in [5.41, 5.74) is -0.946. The Kier molecular flexibility index (Phi) is 6.78. The van der Waals surface area contributed by atoms with E-state index in [1.165, 1.54) is 6.20 Å². The fourth-order valence-corrected chi connectivity index (χ4v) is 3.90. The molecule has 36 heavy (non-hydrogen) atoms. The Bertz CT molecular complexity index is 1320. The molecule has 1 amide bonds. The second-order valence-electron chi connectivity index (χ2n) is 8.53. The fourth-order valence-electron chi connectivity index (χ4n) is 3.90. The van der Waals surface area contributed by atoms with Gasteiger partial charge in [0.05, 0.1) is 5.56 Å². The minimum Gasteiger partial charge on any atom is -0.480 e. The number of aliphatic carboxylic acids is 1. The van der Waals surface area contributed by atoms with Crippen molar-refractivity contribution < 1.29 is 32.7 Å². The number of nitrogens with zero attached hydrogens (tertiary/aromatic N) is 2. The highest BCUT2D eigenvalue weighted by Gasteiger charge is 2.45. The van der Waals surface area contributed by atoms with Crippen LogP contribution < -0.4 is 5.32 Å². The van der Waals surface area contributed by atoms with Crippen LogP contribution in [-0.4, -0.2) is 37.9 Å². The molecule has 0 spiro atoms. The molecular formula is C26H22F3N3O4. The SMILES string of the molecule is O=C(NC1(C(=O)O)CCC1)c1cccc(/C=C/Cn2ccnc2C(=O)c2ccc(C(F)(F)F)cc2)c1. The van der Waals surface area contributed by atoms with E-state index in [2.05, 4.69) is 10.3 Å². The van der Waals surface area contributed by atoms with Crippen molar-refractivity contribution in [3.63, 3.8) is 0 Å². The van der Waals surface area contributed by atoms with Crippen molar-refractivity contribution in [1.82, 2.24) is 14.9 Å². The third-order valence-electron chi connectivity index (χ3n) is 6.12. The van der Waals surface area contributed by atoms with Crippen molar-refractivity contribution in [3.8, 4) is 0 Å². The lowest BCUT2D eigenvalue weighted by atomic mass is 9.76. The molecule has 0 atom stereocenters. The maximum Gasteiger partial charge on any atom is 0.416 e. The van der Waals surface area contributed by atoms with Gasteiger partial charge in [-0.25, -0.2) is 9.78 Å². The van der Waals surface area contributed by atoms with Crippen LogP contribution in [0.15, 0.2) is 67.0 Å². The average Bonchev–Trinajstić information content (AvgIpc) is 3.29. The molecule has 1 saturated carbocycles. The van der Waals surface area contributed by atoms with Gasteiger partial charge >= 0.3 is 12.1 Å². The van der Waals surface area contributed by atoms with Crippen molar-refractivity contribution in [3.05, 3.63) is 95.1 Å². The number of aromatic nitrogens is 2. The van der Waals surface area contributed by atoms with Crippen LogP contribution >= 0.6 is 0 Å². The number of benzene rings is 2. The van der Waals surface area contributed by atoms with Gasteiger partial charge in [-0.1, -0.05) is 36.4 Å². The molecule has 1 fully saturated rings. The quantitative estimate of drug-likeness (QED) is 0.444. The van der Waals surface area contributed by atoms with Crippen LogP contribution in [0.4, 0.5) is 13.2 Å². The summed E-state index contributed by atoms with van der Waals surface area (Å²) in [6.07, 6.45) is 3.53. The Labute approximate surface area is 204 Å². The topological polar surface area (TPSA) is 101 Å². The van der Waals surface area contributed by atoms with Crippen molar-refractivity contribution >= 4 is 23.7 Å². The Morgan fingerprint density at radius 3 is 2.42 bits per heavy atom. The lowest BCUT2D eigenvalue weighted by Crippen LogP contribution is -2.59. The van der Waals surface area contributed by atoms with Crippen LogP contribution in [0.5, 0.6) is 0 Å². The summed E-state index contributed by atoms with van der Waals surface area (Å²) in [5, 5.41) is 12.0. The van der Waals surface area contributed by atoms with Crippen LogP contribution in [0.25, 0.3) is 6.08 Å². The molecule has 3 aromatic rings. The van der Waals surface area contributed by atoms with Gasteiger partial charge in [-0.2, -0.15) is 13.2 Å². The van der Waals surface area contributed by atoms with Gasteiger partial charge < -0.3 is 15.0 Å². The lowest BCUT2D eigenvalue weighted by Gasteiger charge is -2.38. The number of carboxylic acid groups (broad SMARTS) is 1. The maximum absolute atomic E-state index is 12.8. The molecule has 2 N–H and O–H groups in total. The summed E-state index contributed by atoms with van der Waals surface area (Å²) in [7, 11) is 0. The minimum absolute atomic E-state index is 0.0759. The molecule has 2 aromatic carbocycles. The molecule has 4 rings (SSSR count). The predicted octanol–water partition coefficient (Wildman–Crippen LogP) is 4.58. The number of nitrogens with one attached hydrogen (secondary N) is 1. The average molecular weight is 497 g/mol. The Morgan fingerprint density at radius 2 is 1.81 bits per heavy atom. The van der Waals surface area contributed by atoms with E-state index in [1.54, 1.807) is 47.2 Å². The number of allylic oxidation sites excluding steroid dienone is 1. The van der Waals surface area contributed by atoms with E-state index < -0.39 is 34.9 Å². The number of alkyl halides is 3. The maximum atomic E-state index is 12.8. The Balaban J connectivity index is 1.43. The van der Waals surface area contributed by atoms with Gasteiger partial charge in [0.2, 0.25) is 5.78 Å². The molecule has 0 unspecified atom stereocenters. The molecule has 10 heteroatoms. The van der Waals surface area contributed by atoms with Gasteiger partial charge in [-0.05, 0) is 49.1 Å². The summed E-state index contributed by atoms with van der Waals surface area (Å²) >= 11 is 0. The van der Waals surface area contributed by atoms with Gasteiger partial charge in [0.25, 0.3) is 5.91 Å². The number of halogens is 3. The third kappa shape index (κ3) is 5.22. The first-order valence-electron chi connectivity index (χ1n) is 11.1. The first-order chi connectivity index (χ1) is 17.1. The summed E-state index contributed by atoms with van der Waals surface area (Å²) in [5.74, 6) is -1.94. The molecule has 0 aliphatic heterocycles. The zero-order chi connectivity index (χ0) is 25.9. The smallest absolute Gasteiger partial charge is 0.416 e. The van der Waals surface area contributed by atoms with E-state index in [4.69, 9.17) is 0 Å². The van der Waals surface area contributed by atoms with Crippen LogP contribution in [0, 0.1) is 0 Å². The van der Waals surface area contributed by atoms with Crippen LogP contribution in [0.2, 0.25) is 0 Å². The Hall–Kier alpha value is -4.21. The van der Waals surface area contributed by atoms with Gasteiger partial charge in [0.1, 0.15) is 5.54 Å². The number of rotatable bonds is 8. The predicted molar refractivity (Wildman–Crippen MR) is 124 cm³/mol. The van der Waals surface area contributed by atoms with E-state index in [-0.39, 0.29) is 17.9 Å². The molecule has 1 aliphatic rings. The fraction of sp³-hybridized carbons (Fsp3) is 0.231. The van der Waals surface area contributed by atoms with E-state index in [1.807, 2.05) is 0 Å². The number of hydrogen-bond donors (Lipinski definition) is 2. The molecule has 0 saturated heterocycles. The normalized spacial score (nSPS) is 14.9. The van der Waals surface area contributed by atoms with Crippen LogP contribution in [0.3, 0.4) is 0 Å². The van der Waals surface area contributed by atoms with Crippen molar-refractivity contribution in [2.45, 2.75) is 37.5 Å². The van der Waals surface area contributed by atoms with Gasteiger partial charge in [0.15, 0.2) is 5.82 Å². The van der Waals surface area contributed by atoms with E-state index in [9.17, 15) is 32.7 Å². The van der Waals surface area contributed by atoms with Crippen LogP contribution in [0.1, 0.15) is 56.9 Å². The molecule has 1 heterocycles. The third-order valence-corrected chi connectivity index (χ3v) is 6.12. The van der Waals surface area contributed by atoms with E-state index in [0.717, 1.165) is 30.7 Å². The molecule has 0 radical (unpaired) electrons. The molecule has 0 bridgehead atoms. The first kappa shape index (κ1) is 24.9. The Morgan fingerprint density at radius 1 is 1.08 bits per heavy atom. The highest BCUT2D eigenvalue weighted by atomic mass is 19.4. The van der Waals surface area contributed by atoms with Crippen molar-refractivity contribution in [2.75, 3.05) is 0 Å². The van der Waals surface area contributed by atoms with E-state index in [0.29, 0.717) is 24.0 Å². The zero-order valence-corrected chi connectivity index (χ0v) is 19.0. The number of ketones is 1. The molecule has 7 nitrogen and oxygen atoms in total. The highest BCUT2D eigenvalue weighted by molar-refractivity contribution is 6.06. The number of hydrogen-bond acceptors (Lipinski definition) is 4. The van der Waals surface area contributed by atoms with E-state index >= 15 is 0 Å². The summed E-state index contributed by atoms with van der Waals surface area (Å²) < 4.78 is 39.9. The lowest BCUT2D eigenvalue weighted by molar-refractivity contribution is -0.148. The summed E-state index contributed by atoms with van der Waals surface area (Å²) in [4.78, 5) is 40.9. The number of amides is 1. The zero-order valence-electron chi connectivity index (χ0n) is 19.0. The van der Waals surface area contributed by atoms with Crippen molar-refractivity contribution in [2.24, 2.45) is 0 Å². The molecule has 1 aromatic heterocycles. The summed E-state index contributed by atoms with van der Waals surface area (Å²) in [6.45, 7) is 0.250. The van der Waals surface area contributed by atoms with Crippen molar-refractivity contribution in [1.29, 1.82) is 0 Å². The minimum atomic E-state index is -4.49. The first-order valence-corrected chi connectivity index (χ1v) is 11.1. The number of carbonyl (C=O) groups excluding carboxylic acids is 2. The van der Waals surface area contributed by atoms with Gasteiger partial charge in [-0.15, -0.1) is 0 Å². The monoisotopic (exact) mass is 497 g/mol. The number of imidazole rings is 1. The summed E-state index contributed by atoms with van der Waals surface area (Å²) in [6, 6.07) is 10.6. The second-order valence-corrected chi connectivity index (χ2v) is 8.53. The number of carbonyl (C=O) groups is 3. The second kappa shape index (κ2) is 9.80. The molecule has 186 valence electrons.